The Hall–Kier alpha value is -1.63. The third kappa shape index (κ3) is 5.69. The summed E-state index contributed by atoms with van der Waals surface area (Å²) in [5, 5.41) is 0. The van der Waals surface area contributed by atoms with Gasteiger partial charge in [-0.1, -0.05) is 13.8 Å². The summed E-state index contributed by atoms with van der Waals surface area (Å²) in [4.78, 5) is 14.1. The second-order valence-corrected chi connectivity index (χ2v) is 4.30. The van der Waals surface area contributed by atoms with Crippen LogP contribution in [0.25, 0.3) is 0 Å². The zero-order valence-corrected chi connectivity index (χ0v) is 12.1. The van der Waals surface area contributed by atoms with E-state index >= 15 is 0 Å². The Labute approximate surface area is 114 Å². The normalized spacial score (nSPS) is 11.1. The Morgan fingerprint density at radius 3 is 2.32 bits per heavy atom. The lowest BCUT2D eigenvalue weighted by molar-refractivity contribution is 0.197. The van der Waals surface area contributed by atoms with Crippen LogP contribution < -0.4 is 15.2 Å². The maximum absolute atomic E-state index is 5.59. The van der Waals surface area contributed by atoms with Crippen LogP contribution in [-0.2, 0) is 0 Å². The maximum atomic E-state index is 5.59. The molecule has 7 heteroatoms. The topological polar surface area (TPSA) is 86.4 Å². The molecule has 0 amide bonds. The maximum Gasteiger partial charge on any atom is 0.324 e. The van der Waals surface area contributed by atoms with E-state index in [9.17, 15) is 0 Å². The number of rotatable bonds is 8. The van der Waals surface area contributed by atoms with Crippen molar-refractivity contribution in [3.63, 3.8) is 0 Å². The first kappa shape index (κ1) is 15.4. The molecule has 0 spiro atoms. The minimum atomic E-state index is -0.0228. The van der Waals surface area contributed by atoms with Crippen molar-refractivity contribution in [3.8, 4) is 12.0 Å². The molecule has 0 aliphatic carbocycles. The molecule has 1 aromatic rings. The zero-order chi connectivity index (χ0) is 14.3. The molecular formula is C12H23N5O2. The van der Waals surface area contributed by atoms with E-state index in [4.69, 9.17) is 15.2 Å². The number of ether oxygens (including phenoxy) is 2. The van der Waals surface area contributed by atoms with Crippen molar-refractivity contribution in [1.82, 2.24) is 19.9 Å². The van der Waals surface area contributed by atoms with Gasteiger partial charge in [-0.25, -0.2) is 0 Å². The van der Waals surface area contributed by atoms with Crippen LogP contribution in [0.2, 0.25) is 0 Å². The van der Waals surface area contributed by atoms with Crippen molar-refractivity contribution in [2.75, 3.05) is 32.0 Å². The van der Waals surface area contributed by atoms with Crippen LogP contribution in [0, 0.1) is 0 Å². The van der Waals surface area contributed by atoms with Crippen LogP contribution in [0.1, 0.15) is 27.7 Å². The summed E-state index contributed by atoms with van der Waals surface area (Å²) < 4.78 is 10.9. The molecule has 0 bridgehead atoms. The molecule has 1 rings (SSSR count). The Kier molecular flexibility index (Phi) is 6.27. The predicted molar refractivity (Wildman–Crippen MR) is 73.3 cm³/mol. The Bertz CT molecular complexity index is 382. The first-order chi connectivity index (χ1) is 9.05. The quantitative estimate of drug-likeness (QED) is 0.752. The van der Waals surface area contributed by atoms with Gasteiger partial charge in [0.2, 0.25) is 5.95 Å². The molecule has 108 valence electrons. The molecule has 0 aliphatic heterocycles. The number of likely N-dealkylation sites (N-methyl/N-ethyl adjacent to an activating group) is 1. The molecule has 0 aromatic carbocycles. The Morgan fingerprint density at radius 2 is 1.74 bits per heavy atom. The number of nitrogens with zero attached hydrogens (tertiary/aromatic N) is 4. The number of hydrogen-bond donors (Lipinski definition) is 1. The molecule has 0 atom stereocenters. The lowest BCUT2D eigenvalue weighted by atomic mass is 10.5. The van der Waals surface area contributed by atoms with E-state index in [-0.39, 0.29) is 24.1 Å². The van der Waals surface area contributed by atoms with E-state index in [1.807, 2.05) is 13.8 Å². The number of aromatic nitrogens is 3. The fourth-order valence-corrected chi connectivity index (χ4v) is 1.49. The lowest BCUT2D eigenvalue weighted by Crippen LogP contribution is -2.28. The van der Waals surface area contributed by atoms with Gasteiger partial charge in [-0.15, -0.1) is 4.98 Å². The predicted octanol–water partition coefficient (Wildman–Crippen LogP) is 0.962. The molecule has 1 heterocycles. The molecule has 19 heavy (non-hydrogen) atoms. The Balaban J connectivity index is 2.55. The number of hydrogen-bond acceptors (Lipinski definition) is 7. The highest BCUT2D eigenvalue weighted by molar-refractivity contribution is 5.20. The monoisotopic (exact) mass is 269 g/mol. The fourth-order valence-electron chi connectivity index (χ4n) is 1.49. The summed E-state index contributed by atoms with van der Waals surface area (Å²) in [7, 11) is 0. The van der Waals surface area contributed by atoms with Gasteiger partial charge in [0.05, 0.1) is 6.10 Å². The third-order valence-corrected chi connectivity index (χ3v) is 2.49. The van der Waals surface area contributed by atoms with Crippen LogP contribution in [0.15, 0.2) is 0 Å². The number of anilines is 1. The van der Waals surface area contributed by atoms with E-state index in [1.54, 1.807) is 0 Å². The Morgan fingerprint density at radius 1 is 1.11 bits per heavy atom. The van der Waals surface area contributed by atoms with E-state index in [2.05, 4.69) is 33.7 Å². The van der Waals surface area contributed by atoms with Crippen LogP contribution in [0.3, 0.4) is 0 Å². The molecule has 0 saturated carbocycles. The van der Waals surface area contributed by atoms with E-state index in [0.29, 0.717) is 6.61 Å². The average molecular weight is 269 g/mol. The number of nitrogen functional groups attached to an aromatic ring is 1. The van der Waals surface area contributed by atoms with Gasteiger partial charge in [0.25, 0.3) is 0 Å². The summed E-state index contributed by atoms with van der Waals surface area (Å²) in [5.74, 6) is 0.100. The van der Waals surface area contributed by atoms with E-state index < -0.39 is 0 Å². The molecule has 7 nitrogen and oxygen atoms in total. The second kappa shape index (κ2) is 7.73. The smallest absolute Gasteiger partial charge is 0.324 e. The summed E-state index contributed by atoms with van der Waals surface area (Å²) in [6.45, 7) is 11.3. The van der Waals surface area contributed by atoms with Crippen LogP contribution in [0.5, 0.6) is 12.0 Å². The largest absolute Gasteiger partial charge is 0.462 e. The van der Waals surface area contributed by atoms with Crippen LogP contribution in [0.4, 0.5) is 5.95 Å². The van der Waals surface area contributed by atoms with Crippen molar-refractivity contribution >= 4 is 5.95 Å². The van der Waals surface area contributed by atoms with Crippen molar-refractivity contribution in [3.05, 3.63) is 0 Å². The van der Waals surface area contributed by atoms with E-state index in [1.165, 1.54) is 0 Å². The highest BCUT2D eigenvalue weighted by Crippen LogP contribution is 2.12. The average Bonchev–Trinajstić information content (AvgIpc) is 2.33. The summed E-state index contributed by atoms with van der Waals surface area (Å²) in [6, 6.07) is 0.399. The highest BCUT2D eigenvalue weighted by Gasteiger charge is 2.08. The fraction of sp³-hybridized carbons (Fsp3) is 0.750. The second-order valence-electron chi connectivity index (χ2n) is 4.30. The zero-order valence-electron chi connectivity index (χ0n) is 12.1. The van der Waals surface area contributed by atoms with Gasteiger partial charge in [0, 0.05) is 6.54 Å². The van der Waals surface area contributed by atoms with Gasteiger partial charge in [-0.05, 0) is 26.9 Å². The molecule has 1 aromatic heterocycles. The SMILES string of the molecule is CCN(CC)CCOc1nc(N)nc(OC(C)C)n1. The van der Waals surface area contributed by atoms with Gasteiger partial charge < -0.3 is 20.1 Å². The van der Waals surface area contributed by atoms with Gasteiger partial charge in [0.15, 0.2) is 0 Å². The summed E-state index contributed by atoms with van der Waals surface area (Å²) in [6.07, 6.45) is -0.0228. The number of nitrogens with two attached hydrogens (primary N) is 1. The van der Waals surface area contributed by atoms with Crippen LogP contribution >= 0.6 is 0 Å². The molecule has 0 aliphatic rings. The molecule has 0 radical (unpaired) electrons. The first-order valence-corrected chi connectivity index (χ1v) is 6.58. The molecule has 0 saturated heterocycles. The summed E-state index contributed by atoms with van der Waals surface area (Å²) >= 11 is 0. The van der Waals surface area contributed by atoms with Gasteiger partial charge in [-0.3, -0.25) is 0 Å². The van der Waals surface area contributed by atoms with Crippen molar-refractivity contribution < 1.29 is 9.47 Å². The van der Waals surface area contributed by atoms with Gasteiger partial charge >= 0.3 is 12.0 Å². The molecular weight excluding hydrogens is 246 g/mol. The van der Waals surface area contributed by atoms with Crippen LogP contribution in [-0.4, -0.2) is 52.2 Å². The van der Waals surface area contributed by atoms with E-state index in [0.717, 1.165) is 19.6 Å². The third-order valence-electron chi connectivity index (χ3n) is 2.49. The van der Waals surface area contributed by atoms with Gasteiger partial charge in [-0.2, -0.15) is 9.97 Å². The van der Waals surface area contributed by atoms with Crippen molar-refractivity contribution in [2.24, 2.45) is 0 Å². The minimum Gasteiger partial charge on any atom is -0.462 e. The molecule has 0 fully saturated rings. The molecule has 0 unspecified atom stereocenters. The van der Waals surface area contributed by atoms with Crippen molar-refractivity contribution in [1.29, 1.82) is 0 Å². The minimum absolute atomic E-state index is 0.0228. The first-order valence-electron chi connectivity index (χ1n) is 6.58. The summed E-state index contributed by atoms with van der Waals surface area (Å²) in [5.41, 5.74) is 5.59. The standard InChI is InChI=1S/C12H23N5O2/c1-5-17(6-2)7-8-18-11-14-10(13)15-12(16-11)19-9(3)4/h9H,5-8H2,1-4H3,(H2,13,14,15,16). The molecule has 2 N–H and O–H groups in total. The van der Waals surface area contributed by atoms with Crippen molar-refractivity contribution in [2.45, 2.75) is 33.8 Å². The highest BCUT2D eigenvalue weighted by atomic mass is 16.5. The lowest BCUT2D eigenvalue weighted by Gasteiger charge is -2.17. The van der Waals surface area contributed by atoms with Gasteiger partial charge in [0.1, 0.15) is 6.61 Å².